The number of hydrogen-bond acceptors (Lipinski definition) is 6. The van der Waals surface area contributed by atoms with E-state index in [0.29, 0.717) is 31.4 Å². The van der Waals surface area contributed by atoms with Gasteiger partial charge in [0.25, 0.3) is 0 Å². The van der Waals surface area contributed by atoms with Crippen LogP contribution in [0.4, 0.5) is 0 Å². The van der Waals surface area contributed by atoms with E-state index < -0.39 is 18.1 Å². The van der Waals surface area contributed by atoms with Crippen molar-refractivity contribution in [1.29, 1.82) is 0 Å². The zero-order chi connectivity index (χ0) is 23.8. The maximum absolute atomic E-state index is 12.9. The predicted octanol–water partition coefficient (Wildman–Crippen LogP) is 4.57. The molecule has 1 aliphatic heterocycles. The standard InChI is InChI=1S/C26H31NO6/c1-4-21-24(33-25(21)29)15-23(32-26(30)22(27-16-28)14-17(2)3)18-10-12-20(13-11-18)31-19-8-6-5-7-9-19/h5-13,16-17,21-24H,4,14-15H2,1-3H3,(H,27,28)/t21-,22-,23+,24-/m0/s1. The number of nitrogens with one attached hydrogen (secondary N) is 1. The van der Waals surface area contributed by atoms with Crippen molar-refractivity contribution in [1.82, 2.24) is 5.32 Å². The van der Waals surface area contributed by atoms with Gasteiger partial charge in [-0.25, -0.2) is 4.79 Å². The summed E-state index contributed by atoms with van der Waals surface area (Å²) in [4.78, 5) is 35.6. The average molecular weight is 454 g/mol. The van der Waals surface area contributed by atoms with E-state index in [1.54, 1.807) is 0 Å². The van der Waals surface area contributed by atoms with Crippen molar-refractivity contribution < 1.29 is 28.6 Å². The van der Waals surface area contributed by atoms with Gasteiger partial charge in [0.15, 0.2) is 0 Å². The molecule has 33 heavy (non-hydrogen) atoms. The maximum atomic E-state index is 12.9. The fourth-order valence-corrected chi connectivity index (χ4v) is 3.89. The molecule has 0 radical (unpaired) electrons. The summed E-state index contributed by atoms with van der Waals surface area (Å²) in [5, 5.41) is 2.55. The van der Waals surface area contributed by atoms with Crippen LogP contribution >= 0.6 is 0 Å². The summed E-state index contributed by atoms with van der Waals surface area (Å²) < 4.78 is 17.0. The number of cyclic esters (lactones) is 1. The van der Waals surface area contributed by atoms with Crippen LogP contribution in [0.15, 0.2) is 54.6 Å². The number of carbonyl (C=O) groups is 3. The smallest absolute Gasteiger partial charge is 0.329 e. The normalized spacial score (nSPS) is 19.1. The first kappa shape index (κ1) is 24.3. The van der Waals surface area contributed by atoms with Gasteiger partial charge in [-0.1, -0.05) is 51.1 Å². The lowest BCUT2D eigenvalue weighted by molar-refractivity contribution is -0.190. The predicted molar refractivity (Wildman–Crippen MR) is 123 cm³/mol. The van der Waals surface area contributed by atoms with E-state index in [2.05, 4.69) is 5.32 Å². The molecule has 0 saturated carbocycles. The van der Waals surface area contributed by atoms with Crippen molar-refractivity contribution in [2.45, 2.75) is 58.3 Å². The third-order valence-corrected chi connectivity index (χ3v) is 5.66. The Morgan fingerprint density at radius 2 is 1.76 bits per heavy atom. The minimum absolute atomic E-state index is 0.194. The second-order valence-electron chi connectivity index (χ2n) is 8.60. The second kappa shape index (κ2) is 11.5. The Hall–Kier alpha value is -3.35. The van der Waals surface area contributed by atoms with Gasteiger partial charge in [-0.3, -0.25) is 9.59 Å². The molecule has 3 rings (SSSR count). The van der Waals surface area contributed by atoms with Crippen molar-refractivity contribution in [2.75, 3.05) is 0 Å². The first-order chi connectivity index (χ1) is 15.9. The summed E-state index contributed by atoms with van der Waals surface area (Å²) in [6.07, 6.45) is 1.05. The Kier molecular flexibility index (Phi) is 8.46. The van der Waals surface area contributed by atoms with Gasteiger partial charge in [0.1, 0.15) is 29.7 Å². The maximum Gasteiger partial charge on any atom is 0.329 e. The number of para-hydroxylation sites is 1. The Morgan fingerprint density at radius 3 is 2.33 bits per heavy atom. The van der Waals surface area contributed by atoms with Crippen molar-refractivity contribution >= 4 is 18.3 Å². The summed E-state index contributed by atoms with van der Waals surface area (Å²) in [7, 11) is 0. The van der Waals surface area contributed by atoms with Crippen LogP contribution < -0.4 is 10.1 Å². The fraction of sp³-hybridized carbons (Fsp3) is 0.423. The highest BCUT2D eigenvalue weighted by molar-refractivity contribution is 5.79. The number of hydrogen-bond donors (Lipinski definition) is 1. The Labute approximate surface area is 194 Å². The molecule has 7 heteroatoms. The van der Waals surface area contributed by atoms with Crippen LogP contribution in [0.5, 0.6) is 11.5 Å². The summed E-state index contributed by atoms with van der Waals surface area (Å²) in [6.45, 7) is 5.87. The van der Waals surface area contributed by atoms with Crippen LogP contribution in [-0.4, -0.2) is 30.5 Å². The van der Waals surface area contributed by atoms with Crippen molar-refractivity contribution in [3.05, 3.63) is 60.2 Å². The van der Waals surface area contributed by atoms with E-state index in [1.165, 1.54) is 0 Å². The minimum atomic E-state index is -0.739. The average Bonchev–Trinajstić information content (AvgIpc) is 2.79. The summed E-state index contributed by atoms with van der Waals surface area (Å²) in [5.74, 6) is 0.628. The molecule has 0 aromatic heterocycles. The van der Waals surface area contributed by atoms with Gasteiger partial charge in [0, 0.05) is 6.42 Å². The molecule has 0 spiro atoms. The van der Waals surface area contributed by atoms with Gasteiger partial charge >= 0.3 is 11.9 Å². The minimum Gasteiger partial charge on any atom is -0.461 e. The topological polar surface area (TPSA) is 90.9 Å². The molecule has 2 aromatic rings. The van der Waals surface area contributed by atoms with E-state index in [9.17, 15) is 14.4 Å². The van der Waals surface area contributed by atoms with Crippen LogP contribution in [0.1, 0.15) is 51.7 Å². The highest BCUT2D eigenvalue weighted by Crippen LogP contribution is 2.35. The molecule has 4 atom stereocenters. The monoisotopic (exact) mass is 453 g/mol. The molecule has 1 N–H and O–H groups in total. The van der Waals surface area contributed by atoms with Gasteiger partial charge in [-0.2, -0.15) is 0 Å². The van der Waals surface area contributed by atoms with Crippen LogP contribution in [0.3, 0.4) is 0 Å². The molecule has 1 heterocycles. The molecule has 0 aliphatic carbocycles. The van der Waals surface area contributed by atoms with E-state index in [0.717, 1.165) is 11.3 Å². The molecule has 1 aliphatic rings. The van der Waals surface area contributed by atoms with E-state index in [1.807, 2.05) is 75.4 Å². The van der Waals surface area contributed by atoms with Crippen LogP contribution in [0, 0.1) is 11.8 Å². The molecule has 1 amide bonds. The van der Waals surface area contributed by atoms with Crippen LogP contribution in [-0.2, 0) is 23.9 Å². The van der Waals surface area contributed by atoms with Gasteiger partial charge < -0.3 is 19.5 Å². The molecule has 1 fully saturated rings. The van der Waals surface area contributed by atoms with E-state index in [4.69, 9.17) is 14.2 Å². The number of esters is 2. The van der Waals surface area contributed by atoms with Crippen molar-refractivity contribution in [3.63, 3.8) is 0 Å². The van der Waals surface area contributed by atoms with E-state index in [-0.39, 0.29) is 23.9 Å². The van der Waals surface area contributed by atoms with Gasteiger partial charge in [0.05, 0.1) is 5.92 Å². The zero-order valence-corrected chi connectivity index (χ0v) is 19.2. The lowest BCUT2D eigenvalue weighted by Gasteiger charge is -2.36. The number of ether oxygens (including phenoxy) is 3. The molecular weight excluding hydrogens is 422 g/mol. The third-order valence-electron chi connectivity index (χ3n) is 5.66. The summed E-state index contributed by atoms with van der Waals surface area (Å²) in [6, 6.07) is 16.0. The highest BCUT2D eigenvalue weighted by Gasteiger charge is 2.43. The van der Waals surface area contributed by atoms with Crippen molar-refractivity contribution in [2.24, 2.45) is 11.8 Å². The Bertz CT molecular complexity index is 928. The van der Waals surface area contributed by atoms with Gasteiger partial charge in [-0.05, 0) is 48.6 Å². The molecule has 0 bridgehead atoms. The zero-order valence-electron chi connectivity index (χ0n) is 19.2. The first-order valence-corrected chi connectivity index (χ1v) is 11.3. The number of amides is 1. The SMILES string of the molecule is CC[C@@H]1C(=O)O[C@H]1C[C@@H](OC(=O)[C@H](CC(C)C)NC=O)c1ccc(Oc2ccccc2)cc1. The summed E-state index contributed by atoms with van der Waals surface area (Å²) in [5.41, 5.74) is 0.760. The van der Waals surface area contributed by atoms with Gasteiger partial charge in [-0.15, -0.1) is 0 Å². The van der Waals surface area contributed by atoms with Crippen molar-refractivity contribution in [3.8, 4) is 11.5 Å². The lowest BCUT2D eigenvalue weighted by atomic mass is 9.88. The molecule has 7 nitrogen and oxygen atoms in total. The first-order valence-electron chi connectivity index (χ1n) is 11.3. The number of carbonyl (C=O) groups excluding carboxylic acids is 3. The molecule has 2 aromatic carbocycles. The third kappa shape index (κ3) is 6.57. The van der Waals surface area contributed by atoms with Crippen LogP contribution in [0.25, 0.3) is 0 Å². The van der Waals surface area contributed by atoms with Crippen LogP contribution in [0.2, 0.25) is 0 Å². The molecular formula is C26H31NO6. The molecule has 176 valence electrons. The molecule has 1 saturated heterocycles. The van der Waals surface area contributed by atoms with Gasteiger partial charge in [0.2, 0.25) is 6.41 Å². The number of rotatable bonds is 12. The Morgan fingerprint density at radius 1 is 1.09 bits per heavy atom. The summed E-state index contributed by atoms with van der Waals surface area (Å²) >= 11 is 0. The second-order valence-corrected chi connectivity index (χ2v) is 8.60. The van der Waals surface area contributed by atoms with E-state index >= 15 is 0 Å². The fourth-order valence-electron chi connectivity index (χ4n) is 3.89. The Balaban J connectivity index is 1.76. The molecule has 0 unspecified atom stereocenters. The lowest BCUT2D eigenvalue weighted by Crippen LogP contribution is -2.46. The number of benzene rings is 2. The highest BCUT2D eigenvalue weighted by atomic mass is 16.6. The quantitative estimate of drug-likeness (QED) is 0.374. The largest absolute Gasteiger partial charge is 0.461 e.